The second-order valence-electron chi connectivity index (χ2n) is 7.45. The number of thiazole rings is 1. The lowest BCUT2D eigenvalue weighted by molar-refractivity contribution is 0.580. The van der Waals surface area contributed by atoms with Crippen LogP contribution in [0.25, 0.3) is 16.2 Å². The number of nitrogens with zero attached hydrogens (tertiary/aromatic N) is 2. The maximum atomic E-state index is 13.2. The fourth-order valence-electron chi connectivity index (χ4n) is 3.74. The van der Waals surface area contributed by atoms with Crippen LogP contribution in [-0.2, 0) is 16.6 Å². The third-order valence-corrected chi connectivity index (χ3v) is 7.95. The van der Waals surface area contributed by atoms with Gasteiger partial charge in [-0.15, -0.1) is 0 Å². The maximum Gasteiger partial charge on any atom is 0.241 e. The first-order chi connectivity index (χ1) is 14.2. The van der Waals surface area contributed by atoms with Gasteiger partial charge in [-0.25, -0.2) is 22.5 Å². The maximum absolute atomic E-state index is 13.2. The summed E-state index contributed by atoms with van der Waals surface area (Å²) in [5, 5.41) is 0. The molecule has 0 spiro atoms. The Bertz CT molecular complexity index is 1330. The molecule has 1 N–H and O–H groups in total. The van der Waals surface area contributed by atoms with Crippen LogP contribution < -0.4 is 4.72 Å². The van der Waals surface area contributed by atoms with E-state index in [1.54, 1.807) is 12.1 Å². The molecule has 0 aliphatic carbocycles. The minimum Gasteiger partial charge on any atom is -0.294 e. The van der Waals surface area contributed by atoms with E-state index < -0.39 is 10.0 Å². The quantitative estimate of drug-likeness (QED) is 0.476. The smallest absolute Gasteiger partial charge is 0.241 e. The fourth-order valence-corrected chi connectivity index (χ4v) is 6.32. The zero-order chi connectivity index (χ0) is 21.6. The van der Waals surface area contributed by atoms with Gasteiger partial charge in [0.05, 0.1) is 10.6 Å². The molecule has 156 valence electrons. The van der Waals surface area contributed by atoms with Gasteiger partial charge in [-0.1, -0.05) is 29.0 Å². The first-order valence-electron chi connectivity index (χ1n) is 9.46. The third-order valence-electron chi connectivity index (χ3n) is 5.09. The van der Waals surface area contributed by atoms with E-state index in [0.29, 0.717) is 4.90 Å². The predicted molar refractivity (Wildman–Crippen MR) is 118 cm³/mol. The monoisotopic (exact) mass is 443 g/mol. The molecule has 0 radical (unpaired) electrons. The van der Waals surface area contributed by atoms with Crippen molar-refractivity contribution in [2.75, 3.05) is 0 Å². The van der Waals surface area contributed by atoms with Crippen molar-refractivity contribution in [1.29, 1.82) is 0 Å². The van der Waals surface area contributed by atoms with Crippen molar-refractivity contribution < 1.29 is 12.8 Å². The molecule has 8 heteroatoms. The van der Waals surface area contributed by atoms with Gasteiger partial charge in [0.15, 0.2) is 4.96 Å². The van der Waals surface area contributed by atoms with Gasteiger partial charge in [0.25, 0.3) is 0 Å². The van der Waals surface area contributed by atoms with Gasteiger partial charge in [0.2, 0.25) is 10.0 Å². The highest BCUT2D eigenvalue weighted by Gasteiger charge is 2.21. The Labute approximate surface area is 179 Å². The number of sulfonamides is 1. The summed E-state index contributed by atoms with van der Waals surface area (Å²) in [6, 6.07) is 9.96. The zero-order valence-electron chi connectivity index (χ0n) is 17.2. The van der Waals surface area contributed by atoms with Crippen molar-refractivity contribution in [3.05, 3.63) is 75.7 Å². The highest BCUT2D eigenvalue weighted by molar-refractivity contribution is 7.89. The van der Waals surface area contributed by atoms with Gasteiger partial charge in [-0.05, 0) is 63.1 Å². The molecule has 0 saturated heterocycles. The van der Waals surface area contributed by atoms with E-state index in [-0.39, 0.29) is 12.4 Å². The van der Waals surface area contributed by atoms with Crippen molar-refractivity contribution in [2.45, 2.75) is 39.1 Å². The number of imidazole rings is 1. The Morgan fingerprint density at radius 3 is 2.30 bits per heavy atom. The molecule has 0 atom stereocenters. The lowest BCUT2D eigenvalue weighted by Crippen LogP contribution is -2.25. The van der Waals surface area contributed by atoms with Gasteiger partial charge in [-0.3, -0.25) is 4.40 Å². The molecule has 0 aliphatic heterocycles. The molecule has 4 aromatic rings. The van der Waals surface area contributed by atoms with Crippen molar-refractivity contribution in [1.82, 2.24) is 14.1 Å². The fraction of sp³-hybridized carbons (Fsp3) is 0.227. The summed E-state index contributed by atoms with van der Waals surface area (Å²) in [7, 11) is -3.64. The molecule has 2 aromatic carbocycles. The Hall–Kier alpha value is -2.55. The second-order valence-corrected chi connectivity index (χ2v) is 10.2. The van der Waals surface area contributed by atoms with Crippen LogP contribution in [0.1, 0.15) is 27.3 Å². The molecule has 4 rings (SSSR count). The molecule has 0 saturated carbocycles. The largest absolute Gasteiger partial charge is 0.294 e. The van der Waals surface area contributed by atoms with Crippen LogP contribution in [-0.4, -0.2) is 17.8 Å². The number of fused-ring (bicyclic) bond motifs is 1. The Kier molecular flexibility index (Phi) is 5.25. The van der Waals surface area contributed by atoms with Gasteiger partial charge < -0.3 is 0 Å². The highest BCUT2D eigenvalue weighted by Crippen LogP contribution is 2.28. The van der Waals surface area contributed by atoms with Crippen molar-refractivity contribution in [3.63, 3.8) is 0 Å². The van der Waals surface area contributed by atoms with Crippen LogP contribution in [0.4, 0.5) is 4.39 Å². The number of aromatic nitrogens is 2. The number of nitrogens with one attached hydrogen (secondary N) is 1. The number of aryl methyl sites for hydroxylation is 4. The Morgan fingerprint density at radius 2 is 1.70 bits per heavy atom. The second kappa shape index (κ2) is 7.61. The van der Waals surface area contributed by atoms with Gasteiger partial charge in [-0.2, -0.15) is 0 Å². The average molecular weight is 444 g/mol. The van der Waals surface area contributed by atoms with E-state index in [1.807, 2.05) is 50.4 Å². The summed E-state index contributed by atoms with van der Waals surface area (Å²) in [5.41, 5.74) is 5.03. The lowest BCUT2D eigenvalue weighted by Gasteiger charge is -2.13. The zero-order valence-corrected chi connectivity index (χ0v) is 18.8. The molecule has 0 unspecified atom stereocenters. The van der Waals surface area contributed by atoms with E-state index >= 15 is 0 Å². The predicted octanol–water partition coefficient (Wildman–Crippen LogP) is 4.91. The van der Waals surface area contributed by atoms with Crippen LogP contribution in [0.15, 0.2) is 47.5 Å². The SMILES string of the molecule is Cc1cc(C)c(S(=O)(=O)NCc2sc3nc(-c4ccc(F)cc4)cn3c2C)c(C)c1. The van der Waals surface area contributed by atoms with Gasteiger partial charge >= 0.3 is 0 Å². The highest BCUT2D eigenvalue weighted by atomic mass is 32.2. The van der Waals surface area contributed by atoms with Crippen LogP contribution in [0.3, 0.4) is 0 Å². The summed E-state index contributed by atoms with van der Waals surface area (Å²) in [6.45, 7) is 7.72. The van der Waals surface area contributed by atoms with E-state index in [1.165, 1.54) is 23.5 Å². The van der Waals surface area contributed by atoms with Crippen molar-refractivity contribution in [3.8, 4) is 11.3 Å². The standard InChI is InChI=1S/C22H22FN3O2S2/c1-13-9-14(2)21(15(3)10-13)30(27,28)24-11-20-16(4)26-12-19(25-22(26)29-20)17-5-7-18(23)8-6-17/h5-10,12,24H,11H2,1-4H3. The molecule has 5 nitrogen and oxygen atoms in total. The number of hydrogen-bond donors (Lipinski definition) is 1. The normalized spacial score (nSPS) is 12.0. The first kappa shape index (κ1) is 20.7. The Balaban J connectivity index is 1.60. The molecule has 0 bridgehead atoms. The molecule has 30 heavy (non-hydrogen) atoms. The molecular formula is C22H22FN3O2S2. The number of halogens is 1. The van der Waals surface area contributed by atoms with Crippen LogP contribution in [0, 0.1) is 33.5 Å². The minimum absolute atomic E-state index is 0.195. The average Bonchev–Trinajstić information content (AvgIpc) is 3.19. The molecular weight excluding hydrogens is 421 g/mol. The van der Waals surface area contributed by atoms with E-state index in [0.717, 1.165) is 43.5 Å². The lowest BCUT2D eigenvalue weighted by atomic mass is 10.1. The third kappa shape index (κ3) is 3.78. The molecule has 0 aliphatic rings. The van der Waals surface area contributed by atoms with E-state index in [2.05, 4.69) is 9.71 Å². The molecule has 2 heterocycles. The van der Waals surface area contributed by atoms with Crippen LogP contribution in [0.2, 0.25) is 0 Å². The van der Waals surface area contributed by atoms with Gasteiger partial charge in [0.1, 0.15) is 5.82 Å². The summed E-state index contributed by atoms with van der Waals surface area (Å²) < 4.78 is 43.7. The van der Waals surface area contributed by atoms with Crippen molar-refractivity contribution >= 4 is 26.3 Å². The van der Waals surface area contributed by atoms with Crippen LogP contribution in [0.5, 0.6) is 0 Å². The topological polar surface area (TPSA) is 63.5 Å². The number of rotatable bonds is 5. The summed E-state index contributed by atoms with van der Waals surface area (Å²) in [6.07, 6.45) is 1.89. The summed E-state index contributed by atoms with van der Waals surface area (Å²) in [5.74, 6) is -0.287. The van der Waals surface area contributed by atoms with Crippen LogP contribution >= 0.6 is 11.3 Å². The molecule has 0 fully saturated rings. The summed E-state index contributed by atoms with van der Waals surface area (Å²) in [4.78, 5) is 6.62. The van der Waals surface area contributed by atoms with E-state index in [9.17, 15) is 12.8 Å². The first-order valence-corrected chi connectivity index (χ1v) is 11.8. The molecule has 2 aromatic heterocycles. The van der Waals surface area contributed by atoms with E-state index in [4.69, 9.17) is 0 Å². The number of benzene rings is 2. The Morgan fingerprint density at radius 1 is 1.07 bits per heavy atom. The summed E-state index contributed by atoms with van der Waals surface area (Å²) >= 11 is 1.44. The molecule has 0 amide bonds. The number of hydrogen-bond acceptors (Lipinski definition) is 4. The van der Waals surface area contributed by atoms with Gasteiger partial charge in [0, 0.05) is 28.9 Å². The minimum atomic E-state index is -3.64. The van der Waals surface area contributed by atoms with Crippen molar-refractivity contribution in [2.24, 2.45) is 0 Å².